The fraction of sp³-hybridized carbons (Fsp3) is 0.263. The first-order valence-electron chi connectivity index (χ1n) is 7.69. The van der Waals surface area contributed by atoms with Gasteiger partial charge in [0.15, 0.2) is 5.78 Å². The first-order valence-corrected chi connectivity index (χ1v) is 7.69. The second kappa shape index (κ2) is 8.24. The minimum Gasteiger partial charge on any atom is -0.497 e. The second-order valence-corrected chi connectivity index (χ2v) is 5.59. The average molecular weight is 329 g/mol. The van der Waals surface area contributed by atoms with Gasteiger partial charge in [-0.1, -0.05) is 19.1 Å². The molecule has 2 aromatic carbocycles. The molecule has 2 aromatic rings. The van der Waals surface area contributed by atoms with Gasteiger partial charge < -0.3 is 10.1 Å². The van der Waals surface area contributed by atoms with Crippen LogP contribution in [0.4, 0.5) is 4.39 Å². The zero-order chi connectivity index (χ0) is 17.5. The average Bonchev–Trinajstić information content (AvgIpc) is 2.60. The van der Waals surface area contributed by atoms with Gasteiger partial charge in [-0.05, 0) is 47.9 Å². The van der Waals surface area contributed by atoms with Gasteiger partial charge in [0, 0.05) is 12.0 Å². The van der Waals surface area contributed by atoms with E-state index in [9.17, 15) is 14.0 Å². The zero-order valence-electron chi connectivity index (χ0n) is 13.7. The van der Waals surface area contributed by atoms with Crippen molar-refractivity contribution in [3.8, 4) is 5.75 Å². The molecular weight excluding hydrogens is 309 g/mol. The fourth-order valence-electron chi connectivity index (χ4n) is 2.32. The maximum absolute atomic E-state index is 12.8. The first-order chi connectivity index (χ1) is 11.5. The van der Waals surface area contributed by atoms with Crippen LogP contribution >= 0.6 is 0 Å². The monoisotopic (exact) mass is 329 g/mol. The van der Waals surface area contributed by atoms with E-state index in [1.807, 2.05) is 31.2 Å². The molecule has 1 unspecified atom stereocenters. The summed E-state index contributed by atoms with van der Waals surface area (Å²) < 4.78 is 17.9. The Kier molecular flexibility index (Phi) is 6.07. The second-order valence-electron chi connectivity index (χ2n) is 5.59. The third-order valence-electron chi connectivity index (χ3n) is 3.79. The minimum absolute atomic E-state index is 0.0248. The van der Waals surface area contributed by atoms with Crippen molar-refractivity contribution in [1.29, 1.82) is 0 Å². The highest BCUT2D eigenvalue weighted by Crippen LogP contribution is 2.21. The molecule has 0 aliphatic carbocycles. The van der Waals surface area contributed by atoms with Crippen LogP contribution in [-0.2, 0) is 4.79 Å². The van der Waals surface area contributed by atoms with E-state index in [4.69, 9.17) is 4.74 Å². The number of halogens is 1. The number of carbonyl (C=O) groups excluding carboxylic acids is 2. The van der Waals surface area contributed by atoms with Crippen LogP contribution < -0.4 is 10.1 Å². The molecule has 0 aromatic heterocycles. The molecule has 0 aliphatic rings. The lowest BCUT2D eigenvalue weighted by Crippen LogP contribution is -2.30. The highest BCUT2D eigenvalue weighted by Gasteiger charge is 2.13. The van der Waals surface area contributed by atoms with Gasteiger partial charge in [0.05, 0.1) is 13.7 Å². The van der Waals surface area contributed by atoms with Crippen molar-refractivity contribution >= 4 is 11.7 Å². The number of amides is 1. The molecule has 0 spiro atoms. The molecule has 0 saturated carbocycles. The Balaban J connectivity index is 1.83. The van der Waals surface area contributed by atoms with Crippen molar-refractivity contribution in [3.63, 3.8) is 0 Å². The molecule has 2 rings (SSSR count). The number of methoxy groups -OCH3 is 1. The van der Waals surface area contributed by atoms with Crippen LogP contribution in [0.25, 0.3) is 0 Å². The Bertz CT molecular complexity index is 696. The normalized spacial score (nSPS) is 11.6. The van der Waals surface area contributed by atoms with Gasteiger partial charge in [0.1, 0.15) is 11.6 Å². The van der Waals surface area contributed by atoms with Gasteiger partial charge in [-0.3, -0.25) is 9.59 Å². The lowest BCUT2D eigenvalue weighted by molar-refractivity contribution is -0.121. The standard InChI is InChI=1S/C19H20FNO3/c1-13(14-5-9-17(24-2)10-6-14)11-19(23)21-12-18(22)15-3-7-16(20)8-4-15/h3-10,13H,11-12H2,1-2H3,(H,21,23). The number of nitrogens with one attached hydrogen (secondary N) is 1. The summed E-state index contributed by atoms with van der Waals surface area (Å²) in [5.41, 5.74) is 1.40. The topological polar surface area (TPSA) is 55.4 Å². The Morgan fingerprint density at radius 2 is 1.71 bits per heavy atom. The van der Waals surface area contributed by atoms with Gasteiger partial charge >= 0.3 is 0 Å². The SMILES string of the molecule is COc1ccc(C(C)CC(=O)NCC(=O)c2ccc(F)cc2)cc1. The Hall–Kier alpha value is -2.69. The number of benzene rings is 2. The smallest absolute Gasteiger partial charge is 0.220 e. The number of Topliss-reactive ketones (excluding diaryl/α,β-unsaturated/α-hetero) is 1. The third-order valence-corrected chi connectivity index (χ3v) is 3.79. The maximum atomic E-state index is 12.8. The van der Waals surface area contributed by atoms with E-state index in [0.717, 1.165) is 11.3 Å². The van der Waals surface area contributed by atoms with Gasteiger partial charge in [-0.2, -0.15) is 0 Å². The van der Waals surface area contributed by atoms with Gasteiger partial charge in [-0.15, -0.1) is 0 Å². The van der Waals surface area contributed by atoms with Gasteiger partial charge in [0.2, 0.25) is 5.91 Å². The molecule has 5 heteroatoms. The summed E-state index contributed by atoms with van der Waals surface area (Å²) >= 11 is 0. The number of ketones is 1. The van der Waals surface area contributed by atoms with E-state index >= 15 is 0 Å². The number of hydrogen-bond acceptors (Lipinski definition) is 3. The number of rotatable bonds is 7. The molecule has 126 valence electrons. The Morgan fingerprint density at radius 1 is 1.08 bits per heavy atom. The summed E-state index contributed by atoms with van der Waals surface area (Å²) in [6, 6.07) is 12.8. The summed E-state index contributed by atoms with van der Waals surface area (Å²) in [5.74, 6) is -0.0599. The maximum Gasteiger partial charge on any atom is 0.220 e. The van der Waals surface area contributed by atoms with Crippen LogP contribution in [0.5, 0.6) is 5.75 Å². The number of carbonyl (C=O) groups is 2. The van der Waals surface area contributed by atoms with Crippen molar-refractivity contribution in [1.82, 2.24) is 5.32 Å². The first kappa shape index (κ1) is 17.7. The van der Waals surface area contributed by atoms with Crippen LogP contribution in [0, 0.1) is 5.82 Å². The lowest BCUT2D eigenvalue weighted by atomic mass is 9.97. The van der Waals surface area contributed by atoms with E-state index in [2.05, 4.69) is 5.32 Å². The molecule has 0 radical (unpaired) electrons. The summed E-state index contributed by atoms with van der Waals surface area (Å²) in [7, 11) is 1.60. The van der Waals surface area contributed by atoms with Gasteiger partial charge in [0.25, 0.3) is 0 Å². The molecule has 1 atom stereocenters. The predicted octanol–water partition coefficient (Wildman–Crippen LogP) is 3.33. The highest BCUT2D eigenvalue weighted by molar-refractivity contribution is 5.99. The molecule has 1 amide bonds. The molecule has 0 heterocycles. The Labute approximate surface area is 140 Å². The molecule has 0 aliphatic heterocycles. The quantitative estimate of drug-likeness (QED) is 0.793. The van der Waals surface area contributed by atoms with E-state index in [1.54, 1.807) is 7.11 Å². The van der Waals surface area contributed by atoms with Crippen molar-refractivity contribution in [3.05, 3.63) is 65.5 Å². The lowest BCUT2D eigenvalue weighted by Gasteiger charge is -2.12. The Morgan fingerprint density at radius 3 is 2.29 bits per heavy atom. The van der Waals surface area contributed by atoms with Gasteiger partial charge in [-0.25, -0.2) is 4.39 Å². The van der Waals surface area contributed by atoms with Crippen molar-refractivity contribution in [2.24, 2.45) is 0 Å². The fourth-order valence-corrected chi connectivity index (χ4v) is 2.32. The van der Waals surface area contributed by atoms with Crippen LogP contribution in [0.2, 0.25) is 0 Å². The third kappa shape index (κ3) is 4.91. The summed E-state index contributed by atoms with van der Waals surface area (Å²) in [6.45, 7) is 1.85. The van der Waals surface area contributed by atoms with Crippen LogP contribution in [0.15, 0.2) is 48.5 Å². The summed E-state index contributed by atoms with van der Waals surface area (Å²) in [4.78, 5) is 23.9. The zero-order valence-corrected chi connectivity index (χ0v) is 13.7. The van der Waals surface area contributed by atoms with Crippen LogP contribution in [-0.4, -0.2) is 25.3 Å². The molecule has 24 heavy (non-hydrogen) atoms. The molecular formula is C19H20FNO3. The van der Waals surface area contributed by atoms with Crippen molar-refractivity contribution in [2.75, 3.05) is 13.7 Å². The molecule has 4 nitrogen and oxygen atoms in total. The highest BCUT2D eigenvalue weighted by atomic mass is 19.1. The molecule has 0 bridgehead atoms. The van der Waals surface area contributed by atoms with Crippen LogP contribution in [0.3, 0.4) is 0 Å². The minimum atomic E-state index is -0.399. The molecule has 0 fully saturated rings. The van der Waals surface area contributed by atoms with E-state index in [0.29, 0.717) is 5.56 Å². The summed E-state index contributed by atoms with van der Waals surface area (Å²) in [6.07, 6.45) is 0.281. The largest absolute Gasteiger partial charge is 0.497 e. The number of ether oxygens (including phenoxy) is 1. The predicted molar refractivity (Wildman–Crippen MR) is 89.8 cm³/mol. The van der Waals surface area contributed by atoms with Crippen molar-refractivity contribution < 1.29 is 18.7 Å². The van der Waals surface area contributed by atoms with E-state index < -0.39 is 5.82 Å². The van der Waals surface area contributed by atoms with E-state index in [-0.39, 0.29) is 30.6 Å². The summed E-state index contributed by atoms with van der Waals surface area (Å²) in [5, 5.41) is 2.61. The molecule has 0 saturated heterocycles. The molecule has 1 N–H and O–H groups in total. The van der Waals surface area contributed by atoms with E-state index in [1.165, 1.54) is 24.3 Å². The number of hydrogen-bond donors (Lipinski definition) is 1. The van der Waals surface area contributed by atoms with Crippen molar-refractivity contribution in [2.45, 2.75) is 19.3 Å². The van der Waals surface area contributed by atoms with Crippen LogP contribution in [0.1, 0.15) is 35.2 Å².